The second-order valence-electron chi connectivity index (χ2n) is 5.32. The Bertz CT molecular complexity index is 437. The zero-order valence-corrected chi connectivity index (χ0v) is 12.4. The minimum Gasteiger partial charge on any atom is -0.496 e. The van der Waals surface area contributed by atoms with Crippen LogP contribution in [0.2, 0.25) is 5.02 Å². The van der Waals surface area contributed by atoms with Gasteiger partial charge >= 0.3 is 0 Å². The van der Waals surface area contributed by atoms with Crippen LogP contribution in [0.25, 0.3) is 0 Å². The van der Waals surface area contributed by atoms with E-state index in [1.165, 1.54) is 17.5 Å². The first-order valence-corrected chi connectivity index (χ1v) is 7.04. The highest BCUT2D eigenvalue weighted by Crippen LogP contribution is 2.41. The van der Waals surface area contributed by atoms with Crippen LogP contribution in [-0.2, 0) is 0 Å². The molecule has 0 saturated carbocycles. The minimum absolute atomic E-state index is 0.385. The van der Waals surface area contributed by atoms with Crippen molar-refractivity contribution in [3.8, 4) is 5.75 Å². The largest absolute Gasteiger partial charge is 0.496 e. The van der Waals surface area contributed by atoms with Crippen molar-refractivity contribution in [2.45, 2.75) is 45.6 Å². The minimum atomic E-state index is 0.385. The van der Waals surface area contributed by atoms with Gasteiger partial charge in [0.15, 0.2) is 0 Å². The molecule has 0 bridgehead atoms. The number of hydrogen-bond acceptors (Lipinski definition) is 2. The molecular formula is C15H22ClNO. The molecule has 1 aliphatic heterocycles. The van der Waals surface area contributed by atoms with Crippen LogP contribution in [0, 0.1) is 6.92 Å². The average molecular weight is 268 g/mol. The predicted octanol–water partition coefficient (Wildman–Crippen LogP) is 4.20. The summed E-state index contributed by atoms with van der Waals surface area (Å²) in [6.07, 6.45) is 2.38. The van der Waals surface area contributed by atoms with Crippen molar-refractivity contribution < 1.29 is 4.74 Å². The van der Waals surface area contributed by atoms with Gasteiger partial charge in [0.2, 0.25) is 0 Å². The fraction of sp³-hybridized carbons (Fsp3) is 0.600. The van der Waals surface area contributed by atoms with Gasteiger partial charge in [-0.15, -0.1) is 0 Å². The summed E-state index contributed by atoms with van der Waals surface area (Å²) >= 11 is 6.39. The molecule has 3 heteroatoms. The molecule has 1 saturated heterocycles. The molecule has 1 atom stereocenters. The van der Waals surface area contributed by atoms with Gasteiger partial charge in [-0.25, -0.2) is 0 Å². The lowest BCUT2D eigenvalue weighted by atomic mass is 9.91. The van der Waals surface area contributed by atoms with Crippen molar-refractivity contribution in [1.29, 1.82) is 0 Å². The van der Waals surface area contributed by atoms with Crippen LogP contribution in [0.15, 0.2) is 6.07 Å². The van der Waals surface area contributed by atoms with Gasteiger partial charge in [-0.1, -0.05) is 25.4 Å². The van der Waals surface area contributed by atoms with E-state index in [1.807, 2.05) is 0 Å². The molecule has 1 fully saturated rings. The Kier molecular flexibility index (Phi) is 4.18. The molecule has 1 heterocycles. The summed E-state index contributed by atoms with van der Waals surface area (Å²) < 4.78 is 5.69. The third-order valence-electron chi connectivity index (χ3n) is 3.79. The summed E-state index contributed by atoms with van der Waals surface area (Å²) in [5.41, 5.74) is 3.61. The molecule has 100 valence electrons. The molecule has 2 rings (SSSR count). The van der Waals surface area contributed by atoms with Gasteiger partial charge in [0.25, 0.3) is 0 Å². The first-order valence-electron chi connectivity index (χ1n) is 6.66. The summed E-state index contributed by atoms with van der Waals surface area (Å²) in [6.45, 7) is 7.52. The van der Waals surface area contributed by atoms with Crippen LogP contribution in [0.4, 0.5) is 0 Å². The molecule has 0 spiro atoms. The van der Waals surface area contributed by atoms with Crippen LogP contribution < -0.4 is 10.1 Å². The van der Waals surface area contributed by atoms with Crippen LogP contribution >= 0.6 is 11.6 Å². The number of benzene rings is 1. The van der Waals surface area contributed by atoms with Crippen LogP contribution in [0.1, 0.15) is 55.3 Å². The maximum atomic E-state index is 6.39. The molecule has 2 nitrogen and oxygen atoms in total. The maximum Gasteiger partial charge on any atom is 0.127 e. The highest BCUT2D eigenvalue weighted by molar-refractivity contribution is 6.31. The van der Waals surface area contributed by atoms with Crippen molar-refractivity contribution in [2.75, 3.05) is 13.7 Å². The fourth-order valence-electron chi connectivity index (χ4n) is 2.77. The van der Waals surface area contributed by atoms with Crippen molar-refractivity contribution in [3.63, 3.8) is 0 Å². The number of methoxy groups -OCH3 is 1. The van der Waals surface area contributed by atoms with E-state index in [2.05, 4.69) is 32.2 Å². The third-order valence-corrected chi connectivity index (χ3v) is 4.18. The van der Waals surface area contributed by atoms with E-state index in [9.17, 15) is 0 Å². The van der Waals surface area contributed by atoms with Gasteiger partial charge in [0.1, 0.15) is 5.75 Å². The normalized spacial score (nSPS) is 19.6. The fourth-order valence-corrected chi connectivity index (χ4v) is 2.99. The second kappa shape index (κ2) is 5.50. The van der Waals surface area contributed by atoms with E-state index in [0.29, 0.717) is 12.0 Å². The highest BCUT2D eigenvalue weighted by atomic mass is 35.5. The topological polar surface area (TPSA) is 21.3 Å². The quantitative estimate of drug-likeness (QED) is 0.886. The Balaban J connectivity index is 2.59. The molecule has 0 radical (unpaired) electrons. The average Bonchev–Trinajstić information content (AvgIpc) is 2.84. The number of nitrogens with one attached hydrogen (secondary N) is 1. The van der Waals surface area contributed by atoms with Crippen molar-refractivity contribution in [2.24, 2.45) is 0 Å². The molecule has 1 unspecified atom stereocenters. The Morgan fingerprint density at radius 3 is 2.67 bits per heavy atom. The highest BCUT2D eigenvalue weighted by Gasteiger charge is 2.26. The summed E-state index contributed by atoms with van der Waals surface area (Å²) in [7, 11) is 1.76. The van der Waals surface area contributed by atoms with Crippen molar-refractivity contribution >= 4 is 11.6 Å². The van der Waals surface area contributed by atoms with E-state index in [-0.39, 0.29) is 0 Å². The van der Waals surface area contributed by atoms with Crippen LogP contribution in [-0.4, -0.2) is 13.7 Å². The Morgan fingerprint density at radius 1 is 1.44 bits per heavy atom. The molecule has 18 heavy (non-hydrogen) atoms. The van der Waals surface area contributed by atoms with Crippen molar-refractivity contribution in [3.05, 3.63) is 27.8 Å². The van der Waals surface area contributed by atoms with Crippen molar-refractivity contribution in [1.82, 2.24) is 5.32 Å². The molecule has 0 aromatic heterocycles. The number of halogens is 1. The predicted molar refractivity (Wildman–Crippen MR) is 76.8 cm³/mol. The number of rotatable bonds is 3. The number of ether oxygens (including phenoxy) is 1. The second-order valence-corrected chi connectivity index (χ2v) is 5.73. The smallest absolute Gasteiger partial charge is 0.127 e. The van der Waals surface area contributed by atoms with E-state index >= 15 is 0 Å². The van der Waals surface area contributed by atoms with E-state index in [1.54, 1.807) is 7.11 Å². The van der Waals surface area contributed by atoms with Gasteiger partial charge < -0.3 is 10.1 Å². The molecule has 1 aliphatic rings. The van der Waals surface area contributed by atoms with E-state index in [4.69, 9.17) is 16.3 Å². The standard InChI is InChI=1S/C15H22ClNO/c1-9(2)11-8-12(16)10(3)14(15(11)18-4)13-6-5-7-17-13/h8-9,13,17H,5-7H2,1-4H3. The lowest BCUT2D eigenvalue weighted by molar-refractivity contribution is 0.395. The van der Waals surface area contributed by atoms with Gasteiger partial charge in [-0.05, 0) is 49.4 Å². The van der Waals surface area contributed by atoms with Gasteiger partial charge in [0, 0.05) is 16.6 Å². The SMILES string of the molecule is COc1c(C(C)C)cc(Cl)c(C)c1C1CCCN1. The molecule has 1 N–H and O–H groups in total. The third kappa shape index (κ3) is 2.36. The first-order chi connectivity index (χ1) is 8.56. The lowest BCUT2D eigenvalue weighted by Gasteiger charge is -2.23. The van der Waals surface area contributed by atoms with Gasteiger partial charge in [-0.2, -0.15) is 0 Å². The number of hydrogen-bond donors (Lipinski definition) is 1. The molecule has 1 aromatic rings. The maximum absolute atomic E-state index is 6.39. The van der Waals surface area contributed by atoms with Gasteiger partial charge in [0.05, 0.1) is 7.11 Å². The molecule has 0 amide bonds. The monoisotopic (exact) mass is 267 g/mol. The van der Waals surface area contributed by atoms with Gasteiger partial charge in [-0.3, -0.25) is 0 Å². The summed E-state index contributed by atoms with van der Waals surface area (Å²) in [5.74, 6) is 1.43. The van der Waals surface area contributed by atoms with E-state index < -0.39 is 0 Å². The summed E-state index contributed by atoms with van der Waals surface area (Å²) in [5, 5.41) is 4.39. The Morgan fingerprint density at radius 2 is 2.17 bits per heavy atom. The molecular weight excluding hydrogens is 246 g/mol. The summed E-state index contributed by atoms with van der Waals surface area (Å²) in [4.78, 5) is 0. The Hall–Kier alpha value is -0.730. The van der Waals surface area contributed by atoms with Crippen LogP contribution in [0.5, 0.6) is 5.75 Å². The zero-order chi connectivity index (χ0) is 13.3. The lowest BCUT2D eigenvalue weighted by Crippen LogP contribution is -2.16. The molecule has 1 aromatic carbocycles. The molecule has 0 aliphatic carbocycles. The Labute approximate surface area is 115 Å². The summed E-state index contributed by atoms with van der Waals surface area (Å²) in [6, 6.07) is 2.44. The van der Waals surface area contributed by atoms with E-state index in [0.717, 1.165) is 29.3 Å². The van der Waals surface area contributed by atoms with Crippen LogP contribution in [0.3, 0.4) is 0 Å². The first kappa shape index (κ1) is 13.7. The zero-order valence-electron chi connectivity index (χ0n) is 11.6.